The van der Waals surface area contributed by atoms with E-state index in [1.165, 1.54) is 11.3 Å². The Labute approximate surface area is 128 Å². The SMILES string of the molecule is CCOC(=O)c1nc(CNCCCc2ccco2)sc1C. The number of ether oxygens (including phenoxy) is 1. The number of nitrogens with one attached hydrogen (secondary N) is 1. The first-order chi connectivity index (χ1) is 10.2. The van der Waals surface area contributed by atoms with E-state index in [9.17, 15) is 4.79 Å². The van der Waals surface area contributed by atoms with Crippen molar-refractivity contribution < 1.29 is 13.9 Å². The number of rotatable bonds is 8. The fraction of sp³-hybridized carbons (Fsp3) is 0.467. The number of aromatic nitrogens is 1. The molecule has 0 bridgehead atoms. The fourth-order valence-electron chi connectivity index (χ4n) is 1.95. The number of carbonyl (C=O) groups is 1. The Bertz CT molecular complexity index is 563. The summed E-state index contributed by atoms with van der Waals surface area (Å²) < 4.78 is 10.3. The van der Waals surface area contributed by atoms with Crippen molar-refractivity contribution in [1.82, 2.24) is 10.3 Å². The lowest BCUT2D eigenvalue weighted by atomic mass is 10.2. The average molecular weight is 308 g/mol. The van der Waals surface area contributed by atoms with Gasteiger partial charge in [0.15, 0.2) is 5.69 Å². The zero-order valence-corrected chi connectivity index (χ0v) is 13.2. The van der Waals surface area contributed by atoms with Gasteiger partial charge in [-0.1, -0.05) is 0 Å². The molecule has 0 amide bonds. The summed E-state index contributed by atoms with van der Waals surface area (Å²) in [5.41, 5.74) is 0.439. The van der Waals surface area contributed by atoms with Crippen molar-refractivity contribution in [2.24, 2.45) is 0 Å². The molecule has 0 aliphatic carbocycles. The monoisotopic (exact) mass is 308 g/mol. The Morgan fingerprint density at radius 2 is 2.38 bits per heavy atom. The van der Waals surface area contributed by atoms with Crippen molar-refractivity contribution in [2.75, 3.05) is 13.2 Å². The van der Waals surface area contributed by atoms with Gasteiger partial charge in [-0.15, -0.1) is 11.3 Å². The summed E-state index contributed by atoms with van der Waals surface area (Å²) in [7, 11) is 0. The summed E-state index contributed by atoms with van der Waals surface area (Å²) in [5, 5.41) is 4.24. The van der Waals surface area contributed by atoms with E-state index in [4.69, 9.17) is 9.15 Å². The molecule has 0 spiro atoms. The summed E-state index contributed by atoms with van der Waals surface area (Å²) in [6, 6.07) is 3.88. The number of hydrogen-bond acceptors (Lipinski definition) is 6. The van der Waals surface area contributed by atoms with Crippen LogP contribution in [0, 0.1) is 6.92 Å². The van der Waals surface area contributed by atoms with E-state index < -0.39 is 0 Å². The number of furan rings is 1. The molecule has 5 nitrogen and oxygen atoms in total. The van der Waals surface area contributed by atoms with E-state index in [-0.39, 0.29) is 5.97 Å². The van der Waals surface area contributed by atoms with Gasteiger partial charge < -0.3 is 14.5 Å². The molecular weight excluding hydrogens is 288 g/mol. The van der Waals surface area contributed by atoms with Crippen molar-refractivity contribution in [3.05, 3.63) is 39.7 Å². The van der Waals surface area contributed by atoms with Crippen molar-refractivity contribution in [3.63, 3.8) is 0 Å². The Hall–Kier alpha value is -1.66. The molecule has 0 aromatic carbocycles. The molecule has 2 rings (SSSR count). The normalized spacial score (nSPS) is 10.8. The van der Waals surface area contributed by atoms with Crippen LogP contribution in [0.1, 0.15) is 39.5 Å². The topological polar surface area (TPSA) is 64.4 Å². The molecule has 0 saturated carbocycles. The zero-order chi connectivity index (χ0) is 15.1. The Kier molecular flexibility index (Phi) is 5.95. The van der Waals surface area contributed by atoms with Crippen LogP contribution in [0.5, 0.6) is 0 Å². The van der Waals surface area contributed by atoms with Gasteiger partial charge in [-0.25, -0.2) is 9.78 Å². The molecule has 21 heavy (non-hydrogen) atoms. The predicted molar refractivity (Wildman–Crippen MR) is 81.5 cm³/mol. The number of carbonyl (C=O) groups excluding carboxylic acids is 1. The molecule has 0 aliphatic heterocycles. The lowest BCUT2D eigenvalue weighted by Crippen LogP contribution is -2.15. The molecule has 0 aliphatic rings. The number of nitrogens with zero attached hydrogens (tertiary/aromatic N) is 1. The third-order valence-electron chi connectivity index (χ3n) is 2.94. The number of hydrogen-bond donors (Lipinski definition) is 1. The van der Waals surface area contributed by atoms with Crippen LogP contribution in [-0.2, 0) is 17.7 Å². The molecule has 2 heterocycles. The second-order valence-electron chi connectivity index (χ2n) is 4.59. The van der Waals surface area contributed by atoms with Crippen LogP contribution >= 0.6 is 11.3 Å². The number of esters is 1. The van der Waals surface area contributed by atoms with Crippen LogP contribution in [-0.4, -0.2) is 24.1 Å². The quantitative estimate of drug-likeness (QED) is 0.600. The van der Waals surface area contributed by atoms with E-state index in [2.05, 4.69) is 10.3 Å². The van der Waals surface area contributed by atoms with Crippen molar-refractivity contribution >= 4 is 17.3 Å². The number of thiazole rings is 1. The van der Waals surface area contributed by atoms with Gasteiger partial charge in [-0.05, 0) is 38.9 Å². The maximum atomic E-state index is 11.7. The highest BCUT2D eigenvalue weighted by atomic mass is 32.1. The first-order valence-electron chi connectivity index (χ1n) is 7.07. The maximum absolute atomic E-state index is 11.7. The summed E-state index contributed by atoms with van der Waals surface area (Å²) >= 11 is 1.53. The van der Waals surface area contributed by atoms with Gasteiger partial charge in [0.25, 0.3) is 0 Å². The zero-order valence-electron chi connectivity index (χ0n) is 12.3. The predicted octanol–water partition coefficient (Wildman–Crippen LogP) is 2.94. The third kappa shape index (κ3) is 4.68. The van der Waals surface area contributed by atoms with E-state index in [0.29, 0.717) is 18.8 Å². The van der Waals surface area contributed by atoms with Crippen molar-refractivity contribution in [1.29, 1.82) is 0 Å². The highest BCUT2D eigenvalue weighted by molar-refractivity contribution is 7.11. The maximum Gasteiger partial charge on any atom is 0.358 e. The Balaban J connectivity index is 1.73. The van der Waals surface area contributed by atoms with Crippen molar-refractivity contribution in [2.45, 2.75) is 33.2 Å². The Morgan fingerprint density at radius 3 is 3.10 bits per heavy atom. The fourth-order valence-corrected chi connectivity index (χ4v) is 2.84. The Morgan fingerprint density at radius 1 is 1.52 bits per heavy atom. The lowest BCUT2D eigenvalue weighted by molar-refractivity contribution is 0.0519. The largest absolute Gasteiger partial charge is 0.469 e. The summed E-state index contributed by atoms with van der Waals surface area (Å²) in [4.78, 5) is 16.9. The first-order valence-corrected chi connectivity index (χ1v) is 7.89. The molecule has 2 aromatic heterocycles. The molecular formula is C15H20N2O3S. The highest BCUT2D eigenvalue weighted by Gasteiger charge is 2.15. The highest BCUT2D eigenvalue weighted by Crippen LogP contribution is 2.18. The van der Waals surface area contributed by atoms with Crippen LogP contribution < -0.4 is 5.32 Å². The van der Waals surface area contributed by atoms with Crippen LogP contribution in [0.25, 0.3) is 0 Å². The van der Waals surface area contributed by atoms with Crippen LogP contribution in [0.2, 0.25) is 0 Å². The van der Waals surface area contributed by atoms with Gasteiger partial charge in [0.2, 0.25) is 0 Å². The van der Waals surface area contributed by atoms with E-state index in [1.54, 1.807) is 13.2 Å². The molecule has 0 radical (unpaired) electrons. The average Bonchev–Trinajstić information content (AvgIpc) is 3.08. The van der Waals surface area contributed by atoms with Gasteiger partial charge in [-0.3, -0.25) is 0 Å². The molecule has 0 unspecified atom stereocenters. The van der Waals surface area contributed by atoms with Gasteiger partial charge >= 0.3 is 5.97 Å². The van der Waals surface area contributed by atoms with Crippen LogP contribution in [0.3, 0.4) is 0 Å². The molecule has 1 N–H and O–H groups in total. The summed E-state index contributed by atoms with van der Waals surface area (Å²) in [6.07, 6.45) is 3.62. The van der Waals surface area contributed by atoms with Gasteiger partial charge in [0.1, 0.15) is 10.8 Å². The molecule has 0 saturated heterocycles. The van der Waals surface area contributed by atoms with Crippen LogP contribution in [0.15, 0.2) is 22.8 Å². The second-order valence-corrected chi connectivity index (χ2v) is 5.88. The van der Waals surface area contributed by atoms with Gasteiger partial charge in [0, 0.05) is 17.8 Å². The summed E-state index contributed by atoms with van der Waals surface area (Å²) in [5.74, 6) is 0.668. The van der Waals surface area contributed by atoms with Gasteiger partial charge in [-0.2, -0.15) is 0 Å². The minimum absolute atomic E-state index is 0.338. The smallest absolute Gasteiger partial charge is 0.358 e. The standard InChI is InChI=1S/C15H20N2O3S/c1-3-19-15(18)14-11(2)21-13(17-14)10-16-8-4-6-12-7-5-9-20-12/h5,7,9,16H,3-4,6,8,10H2,1-2H3. The van der Waals surface area contributed by atoms with Crippen molar-refractivity contribution in [3.8, 4) is 0 Å². The third-order valence-corrected chi connectivity index (χ3v) is 3.91. The lowest BCUT2D eigenvalue weighted by Gasteiger charge is -2.01. The first kappa shape index (κ1) is 15.7. The molecule has 0 atom stereocenters. The van der Waals surface area contributed by atoms with Crippen LogP contribution in [0.4, 0.5) is 0 Å². The second kappa shape index (κ2) is 7.95. The molecule has 2 aromatic rings. The number of aryl methyl sites for hydroxylation is 2. The minimum Gasteiger partial charge on any atom is -0.469 e. The van der Waals surface area contributed by atoms with E-state index in [0.717, 1.165) is 35.0 Å². The minimum atomic E-state index is -0.338. The molecule has 0 fully saturated rings. The van der Waals surface area contributed by atoms with Gasteiger partial charge in [0.05, 0.1) is 12.9 Å². The van der Waals surface area contributed by atoms with E-state index in [1.807, 2.05) is 19.1 Å². The van der Waals surface area contributed by atoms with E-state index >= 15 is 0 Å². The summed E-state index contributed by atoms with van der Waals surface area (Å²) in [6.45, 7) is 5.61. The molecule has 6 heteroatoms. The molecule has 114 valence electrons.